The molecule has 0 amide bonds. The largest absolute Gasteiger partial charge is 1.00 e. The van der Waals surface area contributed by atoms with E-state index >= 15 is 0 Å². The minimum atomic E-state index is -0.104. The zero-order valence-electron chi connectivity index (χ0n) is 14.5. The number of hydrogen-bond acceptors (Lipinski definition) is 2. The van der Waals surface area contributed by atoms with Crippen LogP contribution in [-0.2, 0) is 21.4 Å². The van der Waals surface area contributed by atoms with Crippen molar-refractivity contribution in [2.45, 2.75) is 76.5 Å². The van der Waals surface area contributed by atoms with E-state index in [-0.39, 0.29) is 34.7 Å². The highest BCUT2D eigenvalue weighted by Crippen LogP contribution is 2.34. The van der Waals surface area contributed by atoms with Crippen molar-refractivity contribution in [2.75, 3.05) is 13.2 Å². The lowest BCUT2D eigenvalue weighted by Gasteiger charge is -2.42. The van der Waals surface area contributed by atoms with Crippen molar-refractivity contribution >= 4 is 0 Å². The maximum Gasteiger partial charge on any atom is 0.216 e. The first-order valence-electron chi connectivity index (χ1n) is 9.00. The molecular formula is C19H30BrNO2. The van der Waals surface area contributed by atoms with Gasteiger partial charge in [0, 0.05) is 38.7 Å². The lowest BCUT2D eigenvalue weighted by Crippen LogP contribution is -3.00. The first-order valence-corrected chi connectivity index (χ1v) is 9.00. The molecule has 0 N–H and O–H groups in total. The van der Waals surface area contributed by atoms with E-state index in [9.17, 15) is 0 Å². The summed E-state index contributed by atoms with van der Waals surface area (Å²) in [6.45, 7) is 6.37. The van der Waals surface area contributed by atoms with E-state index in [0.717, 1.165) is 32.5 Å². The van der Waals surface area contributed by atoms with Crippen LogP contribution < -0.4 is 21.5 Å². The van der Waals surface area contributed by atoms with Crippen molar-refractivity contribution in [2.24, 2.45) is 0 Å². The molecule has 0 radical (unpaired) electrons. The Morgan fingerprint density at radius 2 is 1.65 bits per heavy atom. The van der Waals surface area contributed by atoms with E-state index in [2.05, 4.69) is 42.8 Å². The smallest absolute Gasteiger partial charge is 0.216 e. The zero-order valence-corrected chi connectivity index (χ0v) is 16.1. The fraction of sp³-hybridized carbons (Fsp3) is 0.737. The van der Waals surface area contributed by atoms with Crippen molar-refractivity contribution in [3.63, 3.8) is 0 Å². The van der Waals surface area contributed by atoms with Gasteiger partial charge in [0.25, 0.3) is 0 Å². The van der Waals surface area contributed by atoms with Crippen molar-refractivity contribution in [1.29, 1.82) is 0 Å². The first-order chi connectivity index (χ1) is 10.8. The summed E-state index contributed by atoms with van der Waals surface area (Å²) in [5.74, 6) is 0. The summed E-state index contributed by atoms with van der Waals surface area (Å²) < 4.78 is 15.0. The molecule has 0 aromatic carbocycles. The maximum atomic E-state index is 6.25. The minimum absolute atomic E-state index is 0. The Bertz CT molecular complexity index is 464. The van der Waals surface area contributed by atoms with E-state index in [1.807, 2.05) is 0 Å². The summed E-state index contributed by atoms with van der Waals surface area (Å²) in [5, 5.41) is 0. The summed E-state index contributed by atoms with van der Waals surface area (Å²) >= 11 is 0. The fourth-order valence-corrected chi connectivity index (χ4v) is 4.16. The fourth-order valence-electron chi connectivity index (χ4n) is 4.16. The summed E-state index contributed by atoms with van der Waals surface area (Å²) in [5.41, 5.74) is 1.27. The molecule has 3 rings (SSSR count). The van der Waals surface area contributed by atoms with Crippen LogP contribution in [-0.4, -0.2) is 25.4 Å². The predicted octanol–water partition coefficient (Wildman–Crippen LogP) is 0.394. The van der Waals surface area contributed by atoms with Crippen LogP contribution in [0.2, 0.25) is 0 Å². The van der Waals surface area contributed by atoms with Gasteiger partial charge in [-0.05, 0) is 38.5 Å². The highest BCUT2D eigenvalue weighted by atomic mass is 79.9. The van der Waals surface area contributed by atoms with Gasteiger partial charge in [0.05, 0.1) is 0 Å². The molecule has 2 atom stereocenters. The van der Waals surface area contributed by atoms with Gasteiger partial charge in [-0.1, -0.05) is 13.0 Å². The van der Waals surface area contributed by atoms with Crippen LogP contribution >= 0.6 is 0 Å². The SMILES string of the molecule is CCc1cccc[n+]1C(C)(C1CCCCO1)C1CCCCO1.[Br-]. The third-order valence-electron chi connectivity index (χ3n) is 5.49. The van der Waals surface area contributed by atoms with Crippen LogP contribution in [0, 0.1) is 0 Å². The second-order valence-electron chi connectivity index (χ2n) is 6.85. The summed E-state index contributed by atoms with van der Waals surface area (Å²) in [6.07, 6.45) is 11.0. The topological polar surface area (TPSA) is 22.3 Å². The molecule has 3 nitrogen and oxygen atoms in total. The molecule has 2 aliphatic heterocycles. The number of pyridine rings is 1. The van der Waals surface area contributed by atoms with Crippen LogP contribution in [0.1, 0.15) is 58.1 Å². The quantitative estimate of drug-likeness (QED) is 0.702. The molecule has 2 unspecified atom stereocenters. The zero-order chi connectivity index (χ0) is 15.4. The van der Waals surface area contributed by atoms with Gasteiger partial charge in [-0.25, -0.2) is 0 Å². The molecule has 4 heteroatoms. The first kappa shape index (κ1) is 18.9. The number of rotatable bonds is 4. The lowest BCUT2D eigenvalue weighted by atomic mass is 9.80. The lowest BCUT2D eigenvalue weighted by molar-refractivity contribution is -0.785. The third-order valence-corrected chi connectivity index (χ3v) is 5.49. The third kappa shape index (κ3) is 3.80. The van der Waals surface area contributed by atoms with Gasteiger partial charge in [0.1, 0.15) is 12.2 Å². The standard InChI is InChI=1S/C19H30NO2.BrH/c1-3-16-10-4-7-13-20(16)19(2,17-11-5-8-14-21-17)18-12-6-9-15-22-18;/h4,7,10,13,17-18H,3,5-6,8-9,11-12,14-15H2,1-2H3;1H/q+1;/p-1. The van der Waals surface area contributed by atoms with Crippen molar-refractivity contribution in [3.8, 4) is 0 Å². The second-order valence-corrected chi connectivity index (χ2v) is 6.85. The maximum absolute atomic E-state index is 6.25. The molecule has 0 bridgehead atoms. The molecule has 0 aliphatic carbocycles. The highest BCUT2D eigenvalue weighted by molar-refractivity contribution is 5.00. The molecule has 0 spiro atoms. The molecular weight excluding hydrogens is 354 g/mol. The van der Waals surface area contributed by atoms with Crippen molar-refractivity contribution in [3.05, 3.63) is 30.1 Å². The van der Waals surface area contributed by atoms with E-state index in [1.54, 1.807) is 0 Å². The Balaban J connectivity index is 0.00000192. The summed E-state index contributed by atoms with van der Waals surface area (Å²) in [7, 11) is 0. The summed E-state index contributed by atoms with van der Waals surface area (Å²) in [4.78, 5) is 0. The molecule has 23 heavy (non-hydrogen) atoms. The molecule has 1 aromatic rings. The molecule has 1 aromatic heterocycles. The predicted molar refractivity (Wildman–Crippen MR) is 86.8 cm³/mol. The average Bonchev–Trinajstić information content (AvgIpc) is 2.62. The monoisotopic (exact) mass is 383 g/mol. The molecule has 2 fully saturated rings. The van der Waals surface area contributed by atoms with Gasteiger partial charge in [-0.3, -0.25) is 0 Å². The Labute approximate surface area is 151 Å². The van der Waals surface area contributed by atoms with Crippen LogP contribution in [0.5, 0.6) is 0 Å². The van der Waals surface area contributed by atoms with E-state index in [0.29, 0.717) is 0 Å². The molecule has 2 saturated heterocycles. The Kier molecular flexibility index (Phi) is 7.05. The van der Waals surface area contributed by atoms with Crippen LogP contribution in [0.25, 0.3) is 0 Å². The van der Waals surface area contributed by atoms with Crippen LogP contribution in [0.4, 0.5) is 0 Å². The van der Waals surface area contributed by atoms with Crippen molar-refractivity contribution < 1.29 is 31.0 Å². The molecule has 3 heterocycles. The van der Waals surface area contributed by atoms with E-state index in [1.165, 1.54) is 31.4 Å². The number of nitrogens with zero attached hydrogens (tertiary/aromatic N) is 1. The van der Waals surface area contributed by atoms with Gasteiger partial charge in [-0.15, -0.1) is 0 Å². The summed E-state index contributed by atoms with van der Waals surface area (Å²) in [6, 6.07) is 6.52. The number of ether oxygens (including phenoxy) is 2. The average molecular weight is 384 g/mol. The number of hydrogen-bond donors (Lipinski definition) is 0. The Morgan fingerprint density at radius 3 is 2.13 bits per heavy atom. The van der Waals surface area contributed by atoms with Gasteiger partial charge in [0.15, 0.2) is 11.9 Å². The number of halogens is 1. The van der Waals surface area contributed by atoms with E-state index < -0.39 is 0 Å². The van der Waals surface area contributed by atoms with E-state index in [4.69, 9.17) is 9.47 Å². The molecule has 0 saturated carbocycles. The molecule has 130 valence electrons. The number of aromatic nitrogens is 1. The van der Waals surface area contributed by atoms with Crippen molar-refractivity contribution in [1.82, 2.24) is 0 Å². The van der Waals surface area contributed by atoms with Crippen LogP contribution in [0.15, 0.2) is 24.4 Å². The van der Waals surface area contributed by atoms with Gasteiger partial charge < -0.3 is 26.5 Å². The highest BCUT2D eigenvalue weighted by Gasteiger charge is 2.52. The van der Waals surface area contributed by atoms with Gasteiger partial charge in [-0.2, -0.15) is 4.57 Å². The van der Waals surface area contributed by atoms with Crippen LogP contribution in [0.3, 0.4) is 0 Å². The molecule has 2 aliphatic rings. The Morgan fingerprint density at radius 1 is 1.04 bits per heavy atom. The minimum Gasteiger partial charge on any atom is -1.00 e. The van der Waals surface area contributed by atoms with Gasteiger partial charge in [0.2, 0.25) is 5.54 Å². The Hall–Kier alpha value is -0.450. The normalized spacial score (nSPS) is 27.7. The van der Waals surface area contributed by atoms with Gasteiger partial charge >= 0.3 is 0 Å². The second kappa shape index (κ2) is 8.59. The number of aryl methyl sites for hydroxylation is 1.